The molecule has 2 heterocycles. The monoisotopic (exact) mass is 382 g/mol. The predicted octanol–water partition coefficient (Wildman–Crippen LogP) is 4.58. The van der Waals surface area contributed by atoms with Gasteiger partial charge >= 0.3 is 0 Å². The summed E-state index contributed by atoms with van der Waals surface area (Å²) in [6.07, 6.45) is -1.94. The Morgan fingerprint density at radius 1 is 1.08 bits per heavy atom. The number of para-hydroxylation sites is 1. The van der Waals surface area contributed by atoms with E-state index in [0.717, 1.165) is 16.7 Å². The summed E-state index contributed by atoms with van der Waals surface area (Å²) >= 11 is 7.28. The van der Waals surface area contributed by atoms with Gasteiger partial charge in [-0.25, -0.2) is 0 Å². The fourth-order valence-corrected chi connectivity index (χ4v) is 3.88. The summed E-state index contributed by atoms with van der Waals surface area (Å²) in [5.41, 5.74) is 0.105. The second-order valence-electron chi connectivity index (χ2n) is 5.92. The van der Waals surface area contributed by atoms with E-state index >= 15 is 0 Å². The number of hydrogen-bond acceptors (Lipinski definition) is 4. The molecule has 0 aliphatic carbocycles. The molecule has 132 valence electrons. The molecule has 2 aromatic rings. The van der Waals surface area contributed by atoms with Gasteiger partial charge < -0.3 is 14.7 Å². The number of benzene rings is 2. The van der Waals surface area contributed by atoms with Gasteiger partial charge in [0.05, 0.1) is 16.9 Å². The van der Waals surface area contributed by atoms with Gasteiger partial charge in [-0.1, -0.05) is 35.4 Å². The van der Waals surface area contributed by atoms with E-state index in [2.05, 4.69) is 0 Å². The topological polar surface area (TPSA) is 9.72 Å². The summed E-state index contributed by atoms with van der Waals surface area (Å²) < 4.78 is 77.2. The summed E-state index contributed by atoms with van der Waals surface area (Å²) in [6, 6.07) is 2.97. The summed E-state index contributed by atoms with van der Waals surface area (Å²) in [5, 5.41) is 0.285. The van der Waals surface area contributed by atoms with Gasteiger partial charge in [0.25, 0.3) is 0 Å². The van der Waals surface area contributed by atoms with E-state index in [1.165, 1.54) is 11.0 Å². The highest BCUT2D eigenvalue weighted by Crippen LogP contribution is 2.48. The summed E-state index contributed by atoms with van der Waals surface area (Å²) in [5.74, 6) is 0. The van der Waals surface area contributed by atoms with E-state index in [0.29, 0.717) is 31.1 Å². The van der Waals surface area contributed by atoms with E-state index in [1.54, 1.807) is 12.1 Å². The Labute approximate surface area is 172 Å². The zero-order valence-electron chi connectivity index (χ0n) is 22.8. The molecule has 4 rings (SSSR count). The molecular formula is C20H24ClN3S. The Morgan fingerprint density at radius 2 is 1.88 bits per heavy atom. The van der Waals surface area contributed by atoms with E-state index < -0.39 is 37.5 Å². The van der Waals surface area contributed by atoms with Crippen molar-refractivity contribution in [2.24, 2.45) is 0 Å². The Bertz CT molecular complexity index is 1130. The van der Waals surface area contributed by atoms with Crippen LogP contribution in [0.15, 0.2) is 52.2 Å². The van der Waals surface area contributed by atoms with Gasteiger partial charge in [0.15, 0.2) is 0 Å². The largest absolute Gasteiger partial charge is 0.340 e. The van der Waals surface area contributed by atoms with Crippen molar-refractivity contribution in [3.8, 4) is 0 Å². The first-order chi connectivity index (χ1) is 15.8. The molecule has 1 unspecified atom stereocenters. The standard InChI is InChI=1S/C20H24ClN3S/c1-22-11-13-23(14-12-22)9-4-10-24-17-5-2-3-6-19(17)25-20-8-7-16(21)15-18(20)24/h2-3,5-8,15H,4,9-14H2,1H3/i2D,3D,4D,5D,6D,9D2,10D2. The lowest BCUT2D eigenvalue weighted by Gasteiger charge is -2.35. The third kappa shape index (κ3) is 3.82. The lowest BCUT2D eigenvalue weighted by molar-refractivity contribution is 0.153. The van der Waals surface area contributed by atoms with Gasteiger partial charge in [-0.15, -0.1) is 0 Å². The molecule has 25 heavy (non-hydrogen) atoms. The van der Waals surface area contributed by atoms with Crippen LogP contribution in [0.25, 0.3) is 0 Å². The normalized spacial score (nSPS) is 25.7. The lowest BCUT2D eigenvalue weighted by Crippen LogP contribution is -2.45. The van der Waals surface area contributed by atoms with Crippen LogP contribution in [0.1, 0.15) is 18.7 Å². The molecule has 2 aliphatic rings. The van der Waals surface area contributed by atoms with Crippen molar-refractivity contribution in [2.75, 3.05) is 51.1 Å². The van der Waals surface area contributed by atoms with Crippen LogP contribution in [0.3, 0.4) is 0 Å². The quantitative estimate of drug-likeness (QED) is 0.765. The van der Waals surface area contributed by atoms with Crippen LogP contribution in [-0.4, -0.2) is 56.0 Å². The van der Waals surface area contributed by atoms with E-state index in [1.807, 2.05) is 11.9 Å². The zero-order chi connectivity index (χ0) is 25.2. The van der Waals surface area contributed by atoms with Crippen molar-refractivity contribution >= 4 is 34.7 Å². The van der Waals surface area contributed by atoms with Gasteiger partial charge in [-0.3, -0.25) is 0 Å². The van der Waals surface area contributed by atoms with E-state index in [9.17, 15) is 0 Å². The molecule has 0 N–H and O–H groups in total. The molecular weight excluding hydrogens is 350 g/mol. The molecule has 0 spiro atoms. The van der Waals surface area contributed by atoms with E-state index in [4.69, 9.17) is 23.9 Å². The Hall–Kier alpha value is -1.20. The number of hydrogen-bond donors (Lipinski definition) is 0. The van der Waals surface area contributed by atoms with Crippen molar-refractivity contribution in [3.63, 3.8) is 0 Å². The third-order valence-electron chi connectivity index (χ3n) is 4.18. The van der Waals surface area contributed by atoms with Crippen LogP contribution in [0.5, 0.6) is 0 Å². The van der Waals surface area contributed by atoms with Crippen LogP contribution >= 0.6 is 23.4 Å². The highest BCUT2D eigenvalue weighted by atomic mass is 35.5. The molecule has 5 heteroatoms. The van der Waals surface area contributed by atoms with Crippen molar-refractivity contribution in [1.82, 2.24) is 9.80 Å². The molecule has 1 fully saturated rings. The maximum atomic E-state index is 8.99. The van der Waals surface area contributed by atoms with Gasteiger partial charge in [-0.05, 0) is 50.2 Å². The second-order valence-corrected chi connectivity index (χ2v) is 7.41. The van der Waals surface area contributed by atoms with Crippen LogP contribution < -0.4 is 4.90 Å². The molecule has 0 saturated carbocycles. The molecule has 2 aromatic carbocycles. The predicted molar refractivity (Wildman–Crippen MR) is 108 cm³/mol. The Kier molecular flexibility index (Phi) is 2.93. The lowest BCUT2D eigenvalue weighted by atomic mass is 10.2. The third-order valence-corrected chi connectivity index (χ3v) is 5.48. The fourth-order valence-electron chi connectivity index (χ4n) is 2.76. The average molecular weight is 383 g/mol. The number of likely N-dealkylation sites (N-methyl/N-ethyl adjacent to an activating group) is 1. The van der Waals surface area contributed by atoms with Crippen LogP contribution in [-0.2, 0) is 0 Å². The van der Waals surface area contributed by atoms with Crippen molar-refractivity contribution in [2.45, 2.75) is 16.2 Å². The highest BCUT2D eigenvalue weighted by molar-refractivity contribution is 7.99. The van der Waals surface area contributed by atoms with E-state index in [-0.39, 0.29) is 27.3 Å². The van der Waals surface area contributed by atoms with Gasteiger partial charge in [0, 0.05) is 54.3 Å². The molecule has 0 radical (unpaired) electrons. The number of rotatable bonds is 4. The molecule has 0 aromatic heterocycles. The second kappa shape index (κ2) is 7.58. The average Bonchev–Trinajstić information content (AvgIpc) is 2.79. The Morgan fingerprint density at radius 3 is 2.72 bits per heavy atom. The molecule has 0 bridgehead atoms. The zero-order valence-corrected chi connectivity index (χ0v) is 15.3. The summed E-state index contributed by atoms with van der Waals surface area (Å²) in [4.78, 5) is 5.15. The number of fused-ring (bicyclic) bond motifs is 2. The number of piperazine rings is 1. The van der Waals surface area contributed by atoms with Gasteiger partial charge in [0.1, 0.15) is 0 Å². The molecule has 1 saturated heterocycles. The van der Waals surface area contributed by atoms with Crippen molar-refractivity contribution in [3.05, 3.63) is 47.4 Å². The summed E-state index contributed by atoms with van der Waals surface area (Å²) in [6.45, 7) is -3.19. The van der Waals surface area contributed by atoms with Gasteiger partial charge in [0.2, 0.25) is 0 Å². The number of halogens is 1. The van der Waals surface area contributed by atoms with Crippen LogP contribution in [0, 0.1) is 0 Å². The van der Waals surface area contributed by atoms with Crippen molar-refractivity contribution < 1.29 is 12.3 Å². The van der Waals surface area contributed by atoms with Crippen LogP contribution in [0.2, 0.25) is 5.02 Å². The first kappa shape index (κ1) is 9.65. The molecule has 2 aliphatic heterocycles. The summed E-state index contributed by atoms with van der Waals surface area (Å²) in [7, 11) is 1.92. The molecule has 3 nitrogen and oxygen atoms in total. The smallest absolute Gasteiger partial charge is 0.0645 e. The maximum absolute atomic E-state index is 8.99. The highest BCUT2D eigenvalue weighted by Gasteiger charge is 2.23. The molecule has 1 atom stereocenters. The first-order valence-electron chi connectivity index (χ1n) is 12.6. The number of nitrogens with zero attached hydrogens (tertiary/aromatic N) is 3. The van der Waals surface area contributed by atoms with Crippen molar-refractivity contribution in [1.29, 1.82) is 0 Å². The van der Waals surface area contributed by atoms with Crippen LogP contribution in [0.4, 0.5) is 11.4 Å². The minimum atomic E-state index is -2.69. The molecule has 0 amide bonds. The maximum Gasteiger partial charge on any atom is 0.0645 e. The minimum absolute atomic E-state index is 0.122. The Balaban J connectivity index is 1.88. The SMILES string of the molecule is [2H]c1c([2H])c([2H])c2c(c1[2H])Sc1ccc(Cl)cc1N2C([2H])([2H])C([2H])C([2H])([2H])N1CCN(C)CC1. The first-order valence-corrected chi connectivity index (χ1v) is 9.21. The minimum Gasteiger partial charge on any atom is -0.340 e. The van der Waals surface area contributed by atoms with Gasteiger partial charge in [-0.2, -0.15) is 0 Å². The fraction of sp³-hybridized carbons (Fsp3) is 0.400. The number of anilines is 2.